The Kier molecular flexibility index (Phi) is 6.14. The standard InChI is InChI=1S/C13H16Cl3NO2S2/c1-2-11-8-17(3-4-20-11)21(18,19)12-6-10(15)5-9(7-14)13(12)16/h5-6,11H,2-4,7-8H2,1H3. The van der Waals surface area contributed by atoms with Gasteiger partial charge < -0.3 is 0 Å². The van der Waals surface area contributed by atoms with Crippen molar-refractivity contribution in [3.63, 3.8) is 0 Å². The second kappa shape index (κ2) is 7.28. The molecule has 0 saturated carbocycles. The molecule has 21 heavy (non-hydrogen) atoms. The summed E-state index contributed by atoms with van der Waals surface area (Å²) in [4.78, 5) is 0.0501. The van der Waals surface area contributed by atoms with E-state index in [4.69, 9.17) is 34.8 Å². The van der Waals surface area contributed by atoms with E-state index < -0.39 is 10.0 Å². The SMILES string of the molecule is CCC1CN(S(=O)(=O)c2cc(Cl)cc(CCl)c2Cl)CCS1. The highest BCUT2D eigenvalue weighted by atomic mass is 35.5. The first kappa shape index (κ1) is 17.7. The highest BCUT2D eigenvalue weighted by molar-refractivity contribution is 8.00. The summed E-state index contributed by atoms with van der Waals surface area (Å²) in [5.74, 6) is 0.910. The van der Waals surface area contributed by atoms with Gasteiger partial charge in [0.1, 0.15) is 4.90 Å². The van der Waals surface area contributed by atoms with E-state index in [1.165, 1.54) is 10.4 Å². The average molecular weight is 389 g/mol. The maximum Gasteiger partial charge on any atom is 0.244 e. The van der Waals surface area contributed by atoms with Crippen LogP contribution in [0.15, 0.2) is 17.0 Å². The summed E-state index contributed by atoms with van der Waals surface area (Å²) in [6, 6.07) is 2.99. The van der Waals surface area contributed by atoms with E-state index >= 15 is 0 Å². The Hall–Kier alpha value is 0.350. The highest BCUT2D eigenvalue weighted by Gasteiger charge is 2.32. The smallest absolute Gasteiger partial charge is 0.207 e. The van der Waals surface area contributed by atoms with Crippen molar-refractivity contribution in [3.8, 4) is 0 Å². The van der Waals surface area contributed by atoms with E-state index in [9.17, 15) is 8.42 Å². The molecule has 0 N–H and O–H groups in total. The van der Waals surface area contributed by atoms with Gasteiger partial charge in [0, 0.05) is 35.0 Å². The molecule has 1 aliphatic rings. The van der Waals surface area contributed by atoms with Crippen molar-refractivity contribution in [2.75, 3.05) is 18.8 Å². The van der Waals surface area contributed by atoms with E-state index in [0.29, 0.717) is 28.9 Å². The predicted molar refractivity (Wildman–Crippen MR) is 91.3 cm³/mol. The Morgan fingerprint density at radius 3 is 2.71 bits per heavy atom. The Bertz CT molecular complexity index is 622. The third-order valence-corrected chi connectivity index (χ3v) is 7.72. The molecule has 1 aromatic carbocycles. The number of rotatable bonds is 4. The van der Waals surface area contributed by atoms with E-state index in [1.807, 2.05) is 0 Å². The Morgan fingerprint density at radius 2 is 2.10 bits per heavy atom. The van der Waals surface area contributed by atoms with Crippen LogP contribution in [0, 0.1) is 0 Å². The first-order chi connectivity index (χ1) is 9.90. The van der Waals surface area contributed by atoms with Crippen LogP contribution in [0.4, 0.5) is 0 Å². The molecule has 2 rings (SSSR count). The van der Waals surface area contributed by atoms with Crippen LogP contribution < -0.4 is 0 Å². The molecule has 0 aromatic heterocycles. The van der Waals surface area contributed by atoms with Crippen molar-refractivity contribution < 1.29 is 8.42 Å². The van der Waals surface area contributed by atoms with Crippen LogP contribution in [0.1, 0.15) is 18.9 Å². The maximum absolute atomic E-state index is 12.8. The zero-order chi connectivity index (χ0) is 15.6. The zero-order valence-corrected chi connectivity index (χ0v) is 15.4. The lowest BCUT2D eigenvalue weighted by Crippen LogP contribution is -2.41. The largest absolute Gasteiger partial charge is 0.244 e. The lowest BCUT2D eigenvalue weighted by Gasteiger charge is -2.31. The summed E-state index contributed by atoms with van der Waals surface area (Å²) in [7, 11) is -3.65. The van der Waals surface area contributed by atoms with E-state index in [0.717, 1.165) is 12.2 Å². The van der Waals surface area contributed by atoms with Gasteiger partial charge in [-0.3, -0.25) is 0 Å². The van der Waals surface area contributed by atoms with E-state index in [1.54, 1.807) is 17.8 Å². The second-order valence-corrected chi connectivity index (χ2v) is 9.17. The second-order valence-electron chi connectivity index (χ2n) is 4.77. The number of alkyl halides is 1. The molecule has 0 spiro atoms. The third kappa shape index (κ3) is 3.82. The van der Waals surface area contributed by atoms with Crippen LogP contribution in [-0.4, -0.2) is 36.8 Å². The molecule has 1 fully saturated rings. The van der Waals surface area contributed by atoms with Crippen molar-refractivity contribution in [1.82, 2.24) is 4.31 Å². The minimum absolute atomic E-state index is 0.0501. The lowest BCUT2D eigenvalue weighted by atomic mass is 10.2. The van der Waals surface area contributed by atoms with Crippen LogP contribution in [0.5, 0.6) is 0 Å². The van der Waals surface area contributed by atoms with Crippen molar-refractivity contribution >= 4 is 56.6 Å². The Balaban J connectivity index is 2.42. The molecule has 0 amide bonds. The van der Waals surface area contributed by atoms with Gasteiger partial charge in [0.15, 0.2) is 0 Å². The molecule has 1 atom stereocenters. The van der Waals surface area contributed by atoms with Gasteiger partial charge in [-0.25, -0.2) is 8.42 Å². The minimum Gasteiger partial charge on any atom is -0.207 e. The third-order valence-electron chi connectivity index (χ3n) is 3.40. The van der Waals surface area contributed by atoms with Gasteiger partial charge in [-0.1, -0.05) is 30.1 Å². The predicted octanol–water partition coefficient (Wildman–Crippen LogP) is 4.25. The molecule has 0 aliphatic carbocycles. The molecule has 3 nitrogen and oxygen atoms in total. The van der Waals surface area contributed by atoms with Crippen LogP contribution >= 0.6 is 46.6 Å². The number of benzene rings is 1. The molecule has 1 heterocycles. The number of halogens is 3. The summed E-state index contributed by atoms with van der Waals surface area (Å²) in [6.07, 6.45) is 0.937. The summed E-state index contributed by atoms with van der Waals surface area (Å²) in [5.41, 5.74) is 0.530. The van der Waals surface area contributed by atoms with Crippen LogP contribution in [0.2, 0.25) is 10.0 Å². The molecule has 8 heteroatoms. The highest BCUT2D eigenvalue weighted by Crippen LogP contribution is 2.34. The summed E-state index contributed by atoms with van der Waals surface area (Å²) in [6.45, 7) is 3.05. The van der Waals surface area contributed by atoms with E-state index in [2.05, 4.69) is 6.92 Å². The number of sulfonamides is 1. The quantitative estimate of drug-likeness (QED) is 0.724. The maximum atomic E-state index is 12.8. The first-order valence-electron chi connectivity index (χ1n) is 6.55. The number of thioether (sulfide) groups is 1. The number of hydrogen-bond donors (Lipinski definition) is 0. The van der Waals surface area contributed by atoms with Crippen molar-refractivity contribution in [1.29, 1.82) is 0 Å². The van der Waals surface area contributed by atoms with Gasteiger partial charge in [-0.05, 0) is 24.1 Å². The van der Waals surface area contributed by atoms with Gasteiger partial charge in [-0.2, -0.15) is 16.1 Å². The monoisotopic (exact) mass is 387 g/mol. The summed E-state index contributed by atoms with van der Waals surface area (Å²) < 4.78 is 27.1. The lowest BCUT2D eigenvalue weighted by molar-refractivity contribution is 0.416. The van der Waals surface area contributed by atoms with Gasteiger partial charge in [0.25, 0.3) is 0 Å². The Labute approximate surface area is 145 Å². The zero-order valence-electron chi connectivity index (χ0n) is 11.5. The average Bonchev–Trinajstić information content (AvgIpc) is 2.49. The van der Waals surface area contributed by atoms with Crippen molar-refractivity contribution in [2.45, 2.75) is 29.4 Å². The van der Waals surface area contributed by atoms with Crippen LogP contribution in [0.25, 0.3) is 0 Å². The van der Waals surface area contributed by atoms with Gasteiger partial charge >= 0.3 is 0 Å². The molecular weight excluding hydrogens is 373 g/mol. The van der Waals surface area contributed by atoms with Crippen molar-refractivity contribution in [2.24, 2.45) is 0 Å². The normalized spacial score (nSPS) is 20.7. The molecule has 1 saturated heterocycles. The fraction of sp³-hybridized carbons (Fsp3) is 0.538. The number of nitrogens with zero attached hydrogens (tertiary/aromatic N) is 1. The molecule has 0 radical (unpaired) electrons. The van der Waals surface area contributed by atoms with Crippen molar-refractivity contribution in [3.05, 3.63) is 27.7 Å². The fourth-order valence-corrected chi connectivity index (χ4v) is 6.26. The molecular formula is C13H16Cl3NO2S2. The minimum atomic E-state index is -3.65. The van der Waals surface area contributed by atoms with Gasteiger partial charge in [0.05, 0.1) is 5.02 Å². The molecule has 1 aromatic rings. The van der Waals surface area contributed by atoms with Crippen LogP contribution in [-0.2, 0) is 15.9 Å². The Morgan fingerprint density at radius 1 is 1.38 bits per heavy atom. The van der Waals surface area contributed by atoms with Crippen LogP contribution in [0.3, 0.4) is 0 Å². The molecule has 1 aliphatic heterocycles. The molecule has 0 bridgehead atoms. The topological polar surface area (TPSA) is 37.4 Å². The number of hydrogen-bond acceptors (Lipinski definition) is 3. The first-order valence-corrected chi connectivity index (χ1v) is 10.3. The summed E-state index contributed by atoms with van der Waals surface area (Å²) in [5, 5.41) is 0.812. The van der Waals surface area contributed by atoms with E-state index in [-0.39, 0.29) is 15.8 Å². The fourth-order valence-electron chi connectivity index (χ4n) is 2.20. The molecule has 118 valence electrons. The van der Waals surface area contributed by atoms with Gasteiger partial charge in [-0.15, -0.1) is 11.6 Å². The summed E-state index contributed by atoms with van der Waals surface area (Å²) >= 11 is 19.8. The van der Waals surface area contributed by atoms with Gasteiger partial charge in [0.2, 0.25) is 10.0 Å². The molecule has 1 unspecified atom stereocenters.